The number of aryl methyl sites for hydroxylation is 3. The second-order valence-electron chi connectivity index (χ2n) is 5.70. The van der Waals surface area contributed by atoms with E-state index in [1.165, 1.54) is 22.4 Å². The van der Waals surface area contributed by atoms with Gasteiger partial charge in [0, 0.05) is 4.88 Å². The normalized spacial score (nSPS) is 13.8. The van der Waals surface area contributed by atoms with Crippen LogP contribution in [-0.2, 0) is 19.4 Å². The summed E-state index contributed by atoms with van der Waals surface area (Å²) in [5.41, 5.74) is 3.73. The van der Waals surface area contributed by atoms with Gasteiger partial charge in [0.1, 0.15) is 4.83 Å². The molecule has 2 aromatic heterocycles. The summed E-state index contributed by atoms with van der Waals surface area (Å²) in [6.07, 6.45) is 5.00. The highest BCUT2D eigenvalue weighted by atomic mass is 32.1. The predicted octanol–water partition coefficient (Wildman–Crippen LogP) is 3.30. The smallest absolute Gasteiger partial charge is 0.262 e. The van der Waals surface area contributed by atoms with Gasteiger partial charge in [-0.25, -0.2) is 4.98 Å². The standard InChI is InChI=1S/C17H16N2OS/c1-11-4-2-5-12(8-11)9-19-10-18-16-15(17(19)20)13-6-3-7-14(13)21-16/h2,4-5,8,10H,3,6-7,9H2,1H3. The molecule has 4 heteroatoms. The summed E-state index contributed by atoms with van der Waals surface area (Å²) >= 11 is 1.69. The molecule has 4 rings (SSSR count). The number of hydrogen-bond donors (Lipinski definition) is 0. The first-order valence-corrected chi connectivity index (χ1v) is 8.09. The summed E-state index contributed by atoms with van der Waals surface area (Å²) in [6.45, 7) is 2.66. The van der Waals surface area contributed by atoms with Crippen LogP contribution in [0, 0.1) is 6.92 Å². The summed E-state index contributed by atoms with van der Waals surface area (Å²) in [5, 5.41) is 0.864. The molecule has 0 unspecified atom stereocenters. The van der Waals surface area contributed by atoms with E-state index in [0.717, 1.165) is 28.6 Å². The lowest BCUT2D eigenvalue weighted by Crippen LogP contribution is -2.21. The van der Waals surface area contributed by atoms with Gasteiger partial charge in [-0.15, -0.1) is 11.3 Å². The zero-order valence-corrected chi connectivity index (χ0v) is 12.7. The molecular weight excluding hydrogens is 280 g/mol. The fourth-order valence-electron chi connectivity index (χ4n) is 3.14. The third-order valence-corrected chi connectivity index (χ3v) is 5.33. The monoisotopic (exact) mass is 296 g/mol. The van der Waals surface area contributed by atoms with Crippen LogP contribution in [0.3, 0.4) is 0 Å². The largest absolute Gasteiger partial charge is 0.294 e. The predicted molar refractivity (Wildman–Crippen MR) is 86.2 cm³/mol. The van der Waals surface area contributed by atoms with Crippen LogP contribution in [0.2, 0.25) is 0 Å². The lowest BCUT2D eigenvalue weighted by atomic mass is 10.1. The molecule has 0 N–H and O–H groups in total. The van der Waals surface area contributed by atoms with Gasteiger partial charge >= 0.3 is 0 Å². The maximum atomic E-state index is 12.8. The Labute approximate surface area is 126 Å². The molecule has 0 amide bonds. The van der Waals surface area contributed by atoms with Crippen LogP contribution in [0.4, 0.5) is 0 Å². The molecule has 0 saturated heterocycles. The highest BCUT2D eigenvalue weighted by Crippen LogP contribution is 2.34. The molecule has 1 aromatic carbocycles. The fourth-order valence-corrected chi connectivity index (χ4v) is 4.36. The van der Waals surface area contributed by atoms with Crippen molar-refractivity contribution >= 4 is 21.6 Å². The van der Waals surface area contributed by atoms with Gasteiger partial charge < -0.3 is 0 Å². The Kier molecular flexibility index (Phi) is 2.93. The quantitative estimate of drug-likeness (QED) is 0.727. The van der Waals surface area contributed by atoms with Gasteiger partial charge in [0.05, 0.1) is 18.3 Å². The van der Waals surface area contributed by atoms with Crippen molar-refractivity contribution in [2.24, 2.45) is 0 Å². The molecule has 3 aromatic rings. The number of benzene rings is 1. The topological polar surface area (TPSA) is 34.9 Å². The van der Waals surface area contributed by atoms with E-state index in [4.69, 9.17) is 0 Å². The average Bonchev–Trinajstić information content (AvgIpc) is 3.02. The van der Waals surface area contributed by atoms with Crippen molar-refractivity contribution in [3.05, 3.63) is 62.5 Å². The number of thiophene rings is 1. The maximum Gasteiger partial charge on any atom is 0.262 e. The van der Waals surface area contributed by atoms with Crippen molar-refractivity contribution < 1.29 is 0 Å². The number of aromatic nitrogens is 2. The molecule has 0 spiro atoms. The summed E-state index contributed by atoms with van der Waals surface area (Å²) < 4.78 is 1.74. The number of fused-ring (bicyclic) bond motifs is 3. The summed E-state index contributed by atoms with van der Waals surface area (Å²) in [6, 6.07) is 8.28. The van der Waals surface area contributed by atoms with E-state index in [9.17, 15) is 4.79 Å². The van der Waals surface area contributed by atoms with Gasteiger partial charge in [0.25, 0.3) is 5.56 Å². The minimum atomic E-state index is 0.112. The van der Waals surface area contributed by atoms with Gasteiger partial charge in [-0.2, -0.15) is 0 Å². The molecule has 3 nitrogen and oxygen atoms in total. The Bertz CT molecular complexity index is 891. The molecule has 21 heavy (non-hydrogen) atoms. The van der Waals surface area contributed by atoms with Gasteiger partial charge in [-0.1, -0.05) is 29.8 Å². The molecule has 2 heterocycles. The SMILES string of the molecule is Cc1cccc(Cn2cnc3sc4c(c3c2=O)CCC4)c1. The van der Waals surface area contributed by atoms with Crippen LogP contribution >= 0.6 is 11.3 Å². The Balaban J connectivity index is 1.83. The molecule has 1 aliphatic rings. The molecular formula is C17H16N2OS. The third-order valence-electron chi connectivity index (χ3n) is 4.13. The summed E-state index contributed by atoms with van der Waals surface area (Å²) in [5.74, 6) is 0. The molecule has 106 valence electrons. The number of hydrogen-bond acceptors (Lipinski definition) is 3. The first kappa shape index (κ1) is 12.8. The molecule has 0 saturated carbocycles. The van der Waals surface area contributed by atoms with E-state index in [1.54, 1.807) is 22.2 Å². The van der Waals surface area contributed by atoms with Crippen LogP contribution in [0.5, 0.6) is 0 Å². The average molecular weight is 296 g/mol. The zero-order chi connectivity index (χ0) is 14.4. The van der Waals surface area contributed by atoms with E-state index in [-0.39, 0.29) is 5.56 Å². The van der Waals surface area contributed by atoms with Crippen molar-refractivity contribution in [1.29, 1.82) is 0 Å². The van der Waals surface area contributed by atoms with E-state index in [2.05, 4.69) is 30.1 Å². The Morgan fingerprint density at radius 3 is 3.10 bits per heavy atom. The Morgan fingerprint density at radius 1 is 1.33 bits per heavy atom. The van der Waals surface area contributed by atoms with E-state index in [1.807, 2.05) is 6.07 Å². The number of nitrogens with zero attached hydrogens (tertiary/aromatic N) is 2. The van der Waals surface area contributed by atoms with Crippen LogP contribution in [0.25, 0.3) is 10.2 Å². The highest BCUT2D eigenvalue weighted by Gasteiger charge is 2.21. The van der Waals surface area contributed by atoms with Crippen molar-refractivity contribution in [2.45, 2.75) is 32.7 Å². The molecule has 1 aliphatic carbocycles. The van der Waals surface area contributed by atoms with Crippen molar-refractivity contribution in [2.75, 3.05) is 0 Å². The van der Waals surface area contributed by atoms with Crippen LogP contribution in [-0.4, -0.2) is 9.55 Å². The minimum Gasteiger partial charge on any atom is -0.294 e. The van der Waals surface area contributed by atoms with Crippen molar-refractivity contribution in [3.8, 4) is 0 Å². The van der Waals surface area contributed by atoms with Crippen LogP contribution in [0.1, 0.15) is 28.0 Å². The van der Waals surface area contributed by atoms with Crippen LogP contribution in [0.15, 0.2) is 35.4 Å². The lowest BCUT2D eigenvalue weighted by Gasteiger charge is -2.06. The Hall–Kier alpha value is -1.94. The Morgan fingerprint density at radius 2 is 2.24 bits per heavy atom. The molecule has 0 radical (unpaired) electrons. The third kappa shape index (κ3) is 2.10. The number of rotatable bonds is 2. The first-order chi connectivity index (χ1) is 10.2. The maximum absolute atomic E-state index is 12.8. The first-order valence-electron chi connectivity index (χ1n) is 7.27. The molecule has 0 fully saturated rings. The summed E-state index contributed by atoms with van der Waals surface area (Å²) in [4.78, 5) is 19.5. The zero-order valence-electron chi connectivity index (χ0n) is 11.9. The van der Waals surface area contributed by atoms with Gasteiger partial charge in [0.2, 0.25) is 0 Å². The van der Waals surface area contributed by atoms with E-state index >= 15 is 0 Å². The van der Waals surface area contributed by atoms with Gasteiger partial charge in [0.15, 0.2) is 0 Å². The summed E-state index contributed by atoms with van der Waals surface area (Å²) in [7, 11) is 0. The van der Waals surface area contributed by atoms with Crippen LogP contribution < -0.4 is 5.56 Å². The fraction of sp³-hybridized carbons (Fsp3) is 0.294. The second kappa shape index (κ2) is 4.81. The van der Waals surface area contributed by atoms with Gasteiger partial charge in [-0.3, -0.25) is 9.36 Å². The minimum absolute atomic E-state index is 0.112. The lowest BCUT2D eigenvalue weighted by molar-refractivity contribution is 0.748. The molecule has 0 atom stereocenters. The van der Waals surface area contributed by atoms with E-state index in [0.29, 0.717) is 6.54 Å². The molecule has 0 bridgehead atoms. The highest BCUT2D eigenvalue weighted by molar-refractivity contribution is 7.18. The van der Waals surface area contributed by atoms with E-state index < -0.39 is 0 Å². The van der Waals surface area contributed by atoms with Crippen molar-refractivity contribution in [1.82, 2.24) is 9.55 Å². The second-order valence-corrected chi connectivity index (χ2v) is 6.79. The van der Waals surface area contributed by atoms with Gasteiger partial charge in [-0.05, 0) is 37.3 Å². The van der Waals surface area contributed by atoms with Crippen molar-refractivity contribution in [3.63, 3.8) is 0 Å². The molecule has 0 aliphatic heterocycles.